The third-order valence-corrected chi connectivity index (χ3v) is 3.75. The predicted molar refractivity (Wildman–Crippen MR) is 51.2 cm³/mol. The molecule has 0 spiro atoms. The maximum Gasteiger partial charge on any atom is 0.262 e. The summed E-state index contributed by atoms with van der Waals surface area (Å²) in [5.41, 5.74) is 5.06. The van der Waals surface area contributed by atoms with E-state index in [4.69, 9.17) is 5.73 Å². The number of alkyl halides is 2. The van der Waals surface area contributed by atoms with Crippen LogP contribution in [0.2, 0.25) is 0 Å². The lowest BCUT2D eigenvalue weighted by molar-refractivity contribution is 0.0184. The van der Waals surface area contributed by atoms with Crippen LogP contribution in [0.25, 0.3) is 0 Å². The minimum absolute atomic E-state index is 0. The molecule has 8 heteroatoms. The summed E-state index contributed by atoms with van der Waals surface area (Å²) in [4.78, 5) is 0. The van der Waals surface area contributed by atoms with Crippen LogP contribution < -0.4 is 5.73 Å². The average molecular weight is 251 g/mol. The maximum atomic E-state index is 12.6. The number of rotatable bonds is 3. The Balaban J connectivity index is 0.00000169. The van der Waals surface area contributed by atoms with Crippen molar-refractivity contribution >= 4 is 22.4 Å². The first-order chi connectivity index (χ1) is 5.87. The van der Waals surface area contributed by atoms with Gasteiger partial charge >= 0.3 is 0 Å². The van der Waals surface area contributed by atoms with Crippen molar-refractivity contribution in [3.8, 4) is 0 Å². The van der Waals surface area contributed by atoms with E-state index >= 15 is 0 Å². The van der Waals surface area contributed by atoms with Gasteiger partial charge in [0.2, 0.25) is 10.0 Å². The van der Waals surface area contributed by atoms with E-state index in [9.17, 15) is 17.2 Å². The molecule has 86 valence electrons. The quantitative estimate of drug-likeness (QED) is 0.769. The van der Waals surface area contributed by atoms with Crippen LogP contribution in [0.15, 0.2) is 0 Å². The first-order valence-corrected chi connectivity index (χ1v) is 5.54. The van der Waals surface area contributed by atoms with Crippen LogP contribution in [-0.2, 0) is 10.0 Å². The Hall–Kier alpha value is 0.0200. The van der Waals surface area contributed by atoms with Crippen LogP contribution in [-0.4, -0.2) is 44.0 Å². The second-order valence-corrected chi connectivity index (χ2v) is 5.13. The predicted octanol–water partition coefficient (Wildman–Crippen LogP) is 0.0377. The number of hydrogen-bond acceptors (Lipinski definition) is 3. The molecule has 0 aromatic rings. The molecule has 0 bridgehead atoms. The van der Waals surface area contributed by atoms with E-state index in [1.54, 1.807) is 0 Å². The highest BCUT2D eigenvalue weighted by atomic mass is 35.5. The summed E-state index contributed by atoms with van der Waals surface area (Å²) in [6.07, 6.45) is -0.392. The molecule has 2 N–H and O–H groups in total. The zero-order chi connectivity index (χ0) is 10.1. The summed E-state index contributed by atoms with van der Waals surface area (Å²) in [6.45, 7) is -0.838. The first-order valence-electron chi connectivity index (χ1n) is 3.93. The fourth-order valence-corrected chi connectivity index (χ4v) is 2.53. The molecule has 0 unspecified atom stereocenters. The van der Waals surface area contributed by atoms with Crippen LogP contribution >= 0.6 is 12.4 Å². The highest BCUT2D eigenvalue weighted by Gasteiger charge is 2.42. The Morgan fingerprint density at radius 3 is 2.36 bits per heavy atom. The molecule has 1 rings (SSSR count). The van der Waals surface area contributed by atoms with Crippen molar-refractivity contribution in [2.75, 3.05) is 25.4 Å². The zero-order valence-electron chi connectivity index (χ0n) is 7.45. The maximum absolute atomic E-state index is 12.6. The summed E-state index contributed by atoms with van der Waals surface area (Å²) >= 11 is 0. The van der Waals surface area contributed by atoms with Gasteiger partial charge in [-0.1, -0.05) is 0 Å². The van der Waals surface area contributed by atoms with Crippen molar-refractivity contribution in [3.63, 3.8) is 0 Å². The Morgan fingerprint density at radius 2 is 2.00 bits per heavy atom. The van der Waals surface area contributed by atoms with E-state index < -0.39 is 28.9 Å². The lowest BCUT2D eigenvalue weighted by Gasteiger charge is -2.14. The van der Waals surface area contributed by atoms with Crippen LogP contribution in [0, 0.1) is 0 Å². The molecule has 1 aliphatic heterocycles. The van der Waals surface area contributed by atoms with Crippen molar-refractivity contribution in [2.45, 2.75) is 12.3 Å². The minimum Gasteiger partial charge on any atom is -0.329 e. The molecule has 1 saturated heterocycles. The summed E-state index contributed by atoms with van der Waals surface area (Å²) < 4.78 is 48.5. The minimum atomic E-state index is -3.55. The van der Waals surface area contributed by atoms with Gasteiger partial charge in [0, 0.05) is 19.5 Å². The van der Waals surface area contributed by atoms with E-state index in [2.05, 4.69) is 0 Å². The molecule has 0 aromatic carbocycles. The highest BCUT2D eigenvalue weighted by Crippen LogP contribution is 2.28. The van der Waals surface area contributed by atoms with Gasteiger partial charge in [-0.05, 0) is 0 Å². The third kappa shape index (κ3) is 3.30. The molecule has 0 atom stereocenters. The number of halogens is 3. The lowest BCUT2D eigenvalue weighted by Crippen LogP contribution is -2.35. The van der Waals surface area contributed by atoms with Crippen LogP contribution in [0.3, 0.4) is 0 Å². The van der Waals surface area contributed by atoms with Crippen LogP contribution in [0.1, 0.15) is 6.42 Å². The SMILES string of the molecule is Cl.NCCS(=O)(=O)N1CCC(F)(F)C1. The second-order valence-electron chi connectivity index (χ2n) is 3.04. The second kappa shape index (κ2) is 4.69. The van der Waals surface area contributed by atoms with Gasteiger partial charge < -0.3 is 5.73 Å². The van der Waals surface area contributed by atoms with Crippen LogP contribution in [0.5, 0.6) is 0 Å². The Morgan fingerprint density at radius 1 is 1.43 bits per heavy atom. The fourth-order valence-electron chi connectivity index (χ4n) is 1.22. The summed E-state index contributed by atoms with van der Waals surface area (Å²) in [7, 11) is -3.55. The van der Waals surface area contributed by atoms with Gasteiger partial charge in [0.25, 0.3) is 5.92 Å². The van der Waals surface area contributed by atoms with E-state index in [0.717, 1.165) is 4.31 Å². The third-order valence-electron chi connectivity index (χ3n) is 1.90. The molecule has 14 heavy (non-hydrogen) atoms. The molecule has 1 fully saturated rings. The zero-order valence-corrected chi connectivity index (χ0v) is 9.08. The molecule has 0 aromatic heterocycles. The van der Waals surface area contributed by atoms with Gasteiger partial charge in [0.1, 0.15) is 0 Å². The number of hydrogen-bond donors (Lipinski definition) is 1. The molecular weight excluding hydrogens is 238 g/mol. The monoisotopic (exact) mass is 250 g/mol. The first kappa shape index (κ1) is 14.0. The van der Waals surface area contributed by atoms with Gasteiger partial charge in [-0.15, -0.1) is 12.4 Å². The lowest BCUT2D eigenvalue weighted by atomic mass is 10.3. The molecular formula is C6H13ClF2N2O2S. The largest absolute Gasteiger partial charge is 0.329 e. The van der Waals surface area contributed by atoms with Gasteiger partial charge in [-0.3, -0.25) is 0 Å². The number of nitrogens with two attached hydrogens (primary N) is 1. The van der Waals surface area contributed by atoms with Gasteiger partial charge in [-0.25, -0.2) is 17.2 Å². The molecule has 4 nitrogen and oxygen atoms in total. The Bertz CT molecular complexity index is 284. The van der Waals surface area contributed by atoms with Crippen LogP contribution in [0.4, 0.5) is 8.78 Å². The molecule has 1 aliphatic rings. The summed E-state index contributed by atoms with van der Waals surface area (Å²) in [5, 5.41) is 0. The standard InChI is InChI=1S/C6H12F2N2O2S.ClH/c7-6(8)1-3-10(5-6)13(11,12)4-2-9;/h1-5,9H2;1H. The Kier molecular flexibility index (Phi) is 4.70. The van der Waals surface area contributed by atoms with E-state index in [0.29, 0.717) is 0 Å². The topological polar surface area (TPSA) is 63.4 Å². The van der Waals surface area contributed by atoms with Crippen molar-refractivity contribution in [1.29, 1.82) is 0 Å². The van der Waals surface area contributed by atoms with Gasteiger partial charge in [0.15, 0.2) is 0 Å². The molecule has 1 heterocycles. The Labute approximate surface area is 87.9 Å². The van der Waals surface area contributed by atoms with E-state index in [-0.39, 0.29) is 31.2 Å². The van der Waals surface area contributed by atoms with E-state index in [1.807, 2.05) is 0 Å². The number of nitrogens with zero attached hydrogens (tertiary/aromatic N) is 1. The van der Waals surface area contributed by atoms with Gasteiger partial charge in [-0.2, -0.15) is 4.31 Å². The number of sulfonamides is 1. The summed E-state index contributed by atoms with van der Waals surface area (Å²) in [6, 6.07) is 0. The van der Waals surface area contributed by atoms with E-state index in [1.165, 1.54) is 0 Å². The smallest absolute Gasteiger partial charge is 0.262 e. The highest BCUT2D eigenvalue weighted by molar-refractivity contribution is 7.89. The molecule has 0 saturated carbocycles. The fraction of sp³-hybridized carbons (Fsp3) is 1.00. The van der Waals surface area contributed by atoms with Crippen molar-refractivity contribution in [1.82, 2.24) is 4.31 Å². The van der Waals surface area contributed by atoms with Crippen molar-refractivity contribution < 1.29 is 17.2 Å². The molecule has 0 amide bonds. The molecule has 0 aliphatic carbocycles. The van der Waals surface area contributed by atoms with Crippen molar-refractivity contribution in [3.05, 3.63) is 0 Å². The summed E-state index contributed by atoms with van der Waals surface area (Å²) in [5.74, 6) is -3.13. The average Bonchev–Trinajstić information content (AvgIpc) is 2.30. The molecule has 0 radical (unpaired) electrons. The normalized spacial score (nSPS) is 21.9. The van der Waals surface area contributed by atoms with Gasteiger partial charge in [0.05, 0.1) is 12.3 Å². The van der Waals surface area contributed by atoms with Crippen molar-refractivity contribution in [2.24, 2.45) is 5.73 Å².